The topological polar surface area (TPSA) is 90.7 Å². The van der Waals surface area contributed by atoms with Crippen molar-refractivity contribution in [3.8, 4) is 0 Å². The molecule has 0 aliphatic heterocycles. The van der Waals surface area contributed by atoms with Gasteiger partial charge in [-0.25, -0.2) is 14.9 Å². The predicted octanol–water partition coefficient (Wildman–Crippen LogP) is 2.96. The first-order chi connectivity index (χ1) is 9.78. The molecule has 0 saturated heterocycles. The monoisotopic (exact) mass is 292 g/mol. The highest BCUT2D eigenvalue weighted by Gasteiger charge is 2.18. The van der Waals surface area contributed by atoms with Crippen molar-refractivity contribution in [2.24, 2.45) is 0 Å². The first-order valence-electron chi connectivity index (χ1n) is 6.27. The Kier molecular flexibility index (Phi) is 3.84. The van der Waals surface area contributed by atoms with E-state index in [9.17, 15) is 9.59 Å². The van der Waals surface area contributed by atoms with Gasteiger partial charge in [0.25, 0.3) is 0 Å². The van der Waals surface area contributed by atoms with Crippen LogP contribution in [0, 0.1) is 0 Å². The molecule has 0 bridgehead atoms. The second-order valence-electron chi connectivity index (χ2n) is 5.32. The van der Waals surface area contributed by atoms with E-state index in [0.29, 0.717) is 16.7 Å². The minimum atomic E-state index is -0.665. The van der Waals surface area contributed by atoms with Gasteiger partial charge in [0.1, 0.15) is 11.1 Å². The molecule has 0 aliphatic carbocycles. The van der Waals surface area contributed by atoms with Crippen molar-refractivity contribution < 1.29 is 23.5 Å². The summed E-state index contributed by atoms with van der Waals surface area (Å²) in [4.78, 5) is 27.1. The molecule has 21 heavy (non-hydrogen) atoms. The first kappa shape index (κ1) is 14.8. The lowest BCUT2D eigenvalue weighted by molar-refractivity contribution is 0.0598. The zero-order chi connectivity index (χ0) is 15.6. The number of hydrogen-bond acceptors (Lipinski definition) is 6. The standard InChI is InChI=1S/C14H16N2O5/c1-14(2,3)21-13(18)16-12-15-9-7-8(11(17)19-4)5-6-10(9)20-12/h5-7H,1-4H3,(H,15,16,18). The minimum absolute atomic E-state index is 0.00117. The van der Waals surface area contributed by atoms with Gasteiger partial charge in [-0.1, -0.05) is 0 Å². The number of anilines is 1. The summed E-state index contributed by atoms with van der Waals surface area (Å²) in [5, 5.41) is 2.40. The van der Waals surface area contributed by atoms with E-state index >= 15 is 0 Å². The van der Waals surface area contributed by atoms with E-state index in [1.165, 1.54) is 13.2 Å². The van der Waals surface area contributed by atoms with Crippen molar-refractivity contribution in [2.75, 3.05) is 12.4 Å². The van der Waals surface area contributed by atoms with Crippen molar-refractivity contribution in [1.29, 1.82) is 0 Å². The van der Waals surface area contributed by atoms with Gasteiger partial charge in [0.15, 0.2) is 5.58 Å². The van der Waals surface area contributed by atoms with Crippen LogP contribution >= 0.6 is 0 Å². The Morgan fingerprint density at radius 1 is 1.29 bits per heavy atom. The van der Waals surface area contributed by atoms with Crippen LogP contribution in [-0.2, 0) is 9.47 Å². The van der Waals surface area contributed by atoms with Crippen molar-refractivity contribution in [2.45, 2.75) is 26.4 Å². The quantitative estimate of drug-likeness (QED) is 0.856. The molecule has 0 fully saturated rings. The lowest BCUT2D eigenvalue weighted by atomic mass is 10.2. The molecule has 1 aromatic carbocycles. The summed E-state index contributed by atoms with van der Waals surface area (Å²) in [6.07, 6.45) is -0.665. The van der Waals surface area contributed by atoms with E-state index in [4.69, 9.17) is 9.15 Å². The van der Waals surface area contributed by atoms with Crippen LogP contribution in [0.25, 0.3) is 11.1 Å². The van der Waals surface area contributed by atoms with Crippen molar-refractivity contribution in [3.05, 3.63) is 23.8 Å². The molecule has 0 unspecified atom stereocenters. The number of amides is 1. The van der Waals surface area contributed by atoms with E-state index in [1.54, 1.807) is 32.9 Å². The second kappa shape index (κ2) is 5.43. The zero-order valence-corrected chi connectivity index (χ0v) is 12.2. The Morgan fingerprint density at radius 3 is 2.62 bits per heavy atom. The highest BCUT2D eigenvalue weighted by molar-refractivity contribution is 5.93. The lowest BCUT2D eigenvalue weighted by Gasteiger charge is -2.18. The van der Waals surface area contributed by atoms with Gasteiger partial charge in [0.05, 0.1) is 12.7 Å². The Hall–Kier alpha value is -2.57. The Morgan fingerprint density at radius 2 is 2.00 bits per heavy atom. The number of ether oxygens (including phenoxy) is 2. The highest BCUT2D eigenvalue weighted by atomic mass is 16.6. The number of esters is 1. The van der Waals surface area contributed by atoms with Crippen LogP contribution in [0.4, 0.5) is 10.8 Å². The average molecular weight is 292 g/mol. The number of hydrogen-bond donors (Lipinski definition) is 1. The molecule has 112 valence electrons. The van der Waals surface area contributed by atoms with Crippen molar-refractivity contribution in [1.82, 2.24) is 4.98 Å². The molecular weight excluding hydrogens is 276 g/mol. The van der Waals surface area contributed by atoms with E-state index in [2.05, 4.69) is 15.0 Å². The summed E-state index contributed by atoms with van der Waals surface area (Å²) >= 11 is 0. The number of benzene rings is 1. The molecule has 2 aromatic rings. The van der Waals surface area contributed by atoms with Crippen LogP contribution in [0.3, 0.4) is 0 Å². The number of rotatable bonds is 2. The van der Waals surface area contributed by atoms with Gasteiger partial charge < -0.3 is 13.9 Å². The summed E-state index contributed by atoms with van der Waals surface area (Å²) in [5.41, 5.74) is 0.605. The third-order valence-corrected chi connectivity index (χ3v) is 2.42. The SMILES string of the molecule is COC(=O)c1ccc2oc(NC(=O)OC(C)(C)C)nc2c1. The van der Waals surface area contributed by atoms with Crippen LogP contribution in [0.1, 0.15) is 31.1 Å². The van der Waals surface area contributed by atoms with Crippen molar-refractivity contribution in [3.63, 3.8) is 0 Å². The second-order valence-corrected chi connectivity index (χ2v) is 5.32. The molecule has 1 amide bonds. The van der Waals surface area contributed by atoms with Gasteiger partial charge in [0, 0.05) is 0 Å². The molecule has 7 heteroatoms. The van der Waals surface area contributed by atoms with Crippen LogP contribution in [0.2, 0.25) is 0 Å². The molecule has 1 heterocycles. The largest absolute Gasteiger partial charge is 0.465 e. The Bertz CT molecular complexity index is 684. The van der Waals surface area contributed by atoms with Gasteiger partial charge in [-0.2, -0.15) is 4.98 Å². The van der Waals surface area contributed by atoms with Gasteiger partial charge in [0.2, 0.25) is 0 Å². The van der Waals surface area contributed by atoms with Gasteiger partial charge in [-0.3, -0.25) is 0 Å². The molecule has 7 nitrogen and oxygen atoms in total. The van der Waals surface area contributed by atoms with Crippen LogP contribution < -0.4 is 5.32 Å². The summed E-state index contributed by atoms with van der Waals surface area (Å²) in [6, 6.07) is 4.65. The van der Waals surface area contributed by atoms with Gasteiger partial charge in [-0.15, -0.1) is 0 Å². The third kappa shape index (κ3) is 3.71. The number of fused-ring (bicyclic) bond motifs is 1. The molecule has 1 N–H and O–H groups in total. The molecule has 0 atom stereocenters. The molecule has 1 aromatic heterocycles. The van der Waals surface area contributed by atoms with Crippen LogP contribution in [0.15, 0.2) is 22.6 Å². The number of aromatic nitrogens is 1. The van der Waals surface area contributed by atoms with Gasteiger partial charge >= 0.3 is 18.1 Å². The fourth-order valence-electron chi connectivity index (χ4n) is 1.62. The number of methoxy groups -OCH3 is 1. The normalized spacial score (nSPS) is 11.2. The number of carbonyl (C=O) groups excluding carboxylic acids is 2. The number of nitrogens with one attached hydrogen (secondary N) is 1. The summed E-state index contributed by atoms with van der Waals surface area (Å²) < 4.78 is 15.1. The number of carbonyl (C=O) groups is 2. The Balaban J connectivity index is 2.19. The molecule has 0 aliphatic rings. The predicted molar refractivity (Wildman–Crippen MR) is 75.2 cm³/mol. The molecule has 0 spiro atoms. The summed E-state index contributed by atoms with van der Waals surface area (Å²) in [6.45, 7) is 5.25. The smallest absolute Gasteiger partial charge is 0.415 e. The van der Waals surface area contributed by atoms with E-state index < -0.39 is 17.7 Å². The van der Waals surface area contributed by atoms with Crippen LogP contribution in [0.5, 0.6) is 0 Å². The maximum absolute atomic E-state index is 11.6. The molecule has 2 rings (SSSR count). The Labute approximate surface area is 121 Å². The molecule has 0 radical (unpaired) electrons. The summed E-state index contributed by atoms with van der Waals surface area (Å²) in [7, 11) is 1.30. The fourth-order valence-corrected chi connectivity index (χ4v) is 1.62. The summed E-state index contributed by atoms with van der Waals surface area (Å²) in [5.74, 6) is -0.471. The highest BCUT2D eigenvalue weighted by Crippen LogP contribution is 2.21. The number of oxazole rings is 1. The maximum Gasteiger partial charge on any atom is 0.415 e. The van der Waals surface area contributed by atoms with Gasteiger partial charge in [-0.05, 0) is 39.0 Å². The maximum atomic E-state index is 11.6. The van der Waals surface area contributed by atoms with Crippen molar-refractivity contribution >= 4 is 29.2 Å². The molecular formula is C14H16N2O5. The van der Waals surface area contributed by atoms with E-state index in [0.717, 1.165) is 0 Å². The lowest BCUT2D eigenvalue weighted by Crippen LogP contribution is -2.27. The van der Waals surface area contributed by atoms with Crippen LogP contribution in [-0.4, -0.2) is 29.8 Å². The van der Waals surface area contributed by atoms with E-state index in [-0.39, 0.29) is 6.01 Å². The zero-order valence-electron chi connectivity index (χ0n) is 12.2. The fraction of sp³-hybridized carbons (Fsp3) is 0.357. The van der Waals surface area contributed by atoms with E-state index in [1.807, 2.05) is 0 Å². The number of nitrogens with zero attached hydrogens (tertiary/aromatic N) is 1. The first-order valence-corrected chi connectivity index (χ1v) is 6.27. The average Bonchev–Trinajstić information content (AvgIpc) is 2.76. The third-order valence-electron chi connectivity index (χ3n) is 2.42. The molecule has 0 saturated carbocycles. The minimum Gasteiger partial charge on any atom is -0.465 e.